The largest absolute Gasteiger partial charge is 0.462 e. The predicted octanol–water partition coefficient (Wildman–Crippen LogP) is 1.86. The molecule has 2 saturated heterocycles. The van der Waals surface area contributed by atoms with E-state index >= 15 is 0 Å². The summed E-state index contributed by atoms with van der Waals surface area (Å²) in [5.41, 5.74) is 1.22. The third-order valence-corrected chi connectivity index (χ3v) is 4.61. The van der Waals surface area contributed by atoms with Crippen LogP contribution in [-0.4, -0.2) is 65.8 Å². The standard InChI is InChI=1S/C18H28N4O3/c1-4-24-17(23)15-9-19-18(22-7-5-6-8-22)20-16(15)12-21-10-13(2)25-14(3)11-21/h9,13-14H,4-8,10-12H2,1-3H3. The first kappa shape index (κ1) is 18.1. The summed E-state index contributed by atoms with van der Waals surface area (Å²) in [6.45, 7) is 10.5. The van der Waals surface area contributed by atoms with Gasteiger partial charge in [0, 0.05) is 38.9 Å². The number of ether oxygens (including phenoxy) is 2. The number of nitrogens with zero attached hydrogens (tertiary/aromatic N) is 4. The first-order valence-corrected chi connectivity index (χ1v) is 9.22. The monoisotopic (exact) mass is 348 g/mol. The lowest BCUT2D eigenvalue weighted by atomic mass is 10.1. The van der Waals surface area contributed by atoms with Crippen LogP contribution in [0.2, 0.25) is 0 Å². The maximum absolute atomic E-state index is 12.3. The fourth-order valence-corrected chi connectivity index (χ4v) is 3.60. The van der Waals surface area contributed by atoms with E-state index in [2.05, 4.69) is 28.6 Å². The van der Waals surface area contributed by atoms with E-state index in [0.29, 0.717) is 18.7 Å². The molecule has 1 aromatic rings. The number of hydrogen-bond donors (Lipinski definition) is 0. The molecule has 0 bridgehead atoms. The highest BCUT2D eigenvalue weighted by Gasteiger charge is 2.26. The smallest absolute Gasteiger partial charge is 0.341 e. The van der Waals surface area contributed by atoms with Crippen molar-refractivity contribution in [3.8, 4) is 0 Å². The molecule has 0 N–H and O–H groups in total. The Hall–Kier alpha value is -1.73. The molecule has 1 aromatic heterocycles. The Morgan fingerprint density at radius 3 is 2.60 bits per heavy atom. The molecule has 3 heterocycles. The van der Waals surface area contributed by atoms with Gasteiger partial charge in [0.2, 0.25) is 5.95 Å². The molecule has 0 saturated carbocycles. The first-order chi connectivity index (χ1) is 12.1. The number of carbonyl (C=O) groups excluding carboxylic acids is 1. The van der Waals surface area contributed by atoms with Crippen LogP contribution in [0.25, 0.3) is 0 Å². The Labute approximate surface area is 149 Å². The lowest BCUT2D eigenvalue weighted by molar-refractivity contribution is -0.0708. The van der Waals surface area contributed by atoms with Crippen molar-refractivity contribution < 1.29 is 14.3 Å². The topological polar surface area (TPSA) is 67.8 Å². The number of aromatic nitrogens is 2. The van der Waals surface area contributed by atoms with Gasteiger partial charge in [-0.25, -0.2) is 14.8 Å². The van der Waals surface area contributed by atoms with Crippen LogP contribution in [0.4, 0.5) is 5.95 Å². The van der Waals surface area contributed by atoms with Gasteiger partial charge in [-0.3, -0.25) is 4.90 Å². The lowest BCUT2D eigenvalue weighted by Crippen LogP contribution is -2.45. The average molecular weight is 348 g/mol. The van der Waals surface area contributed by atoms with Crippen molar-refractivity contribution >= 4 is 11.9 Å². The van der Waals surface area contributed by atoms with Gasteiger partial charge < -0.3 is 14.4 Å². The highest BCUT2D eigenvalue weighted by molar-refractivity contribution is 5.90. The maximum atomic E-state index is 12.3. The van der Waals surface area contributed by atoms with Crippen LogP contribution in [0, 0.1) is 0 Å². The Bertz CT molecular complexity index is 594. The zero-order chi connectivity index (χ0) is 17.8. The Morgan fingerprint density at radius 1 is 1.28 bits per heavy atom. The molecule has 2 atom stereocenters. The second-order valence-corrected chi connectivity index (χ2v) is 6.90. The second-order valence-electron chi connectivity index (χ2n) is 6.90. The second kappa shape index (κ2) is 8.10. The van der Waals surface area contributed by atoms with Crippen LogP contribution in [0.3, 0.4) is 0 Å². The summed E-state index contributed by atoms with van der Waals surface area (Å²) in [4.78, 5) is 25.9. The van der Waals surface area contributed by atoms with E-state index in [1.807, 2.05) is 6.92 Å². The van der Waals surface area contributed by atoms with E-state index in [-0.39, 0.29) is 18.2 Å². The van der Waals surface area contributed by atoms with Gasteiger partial charge in [-0.2, -0.15) is 0 Å². The van der Waals surface area contributed by atoms with Gasteiger partial charge in [0.15, 0.2) is 0 Å². The minimum atomic E-state index is -0.347. The highest BCUT2D eigenvalue weighted by Crippen LogP contribution is 2.20. The minimum Gasteiger partial charge on any atom is -0.462 e. The van der Waals surface area contributed by atoms with Gasteiger partial charge in [0.05, 0.1) is 24.5 Å². The van der Waals surface area contributed by atoms with Crippen LogP contribution >= 0.6 is 0 Å². The SMILES string of the molecule is CCOC(=O)c1cnc(N2CCCC2)nc1CN1CC(C)OC(C)C1. The molecule has 7 heteroatoms. The number of rotatable bonds is 5. The van der Waals surface area contributed by atoms with E-state index in [1.54, 1.807) is 6.20 Å². The van der Waals surface area contributed by atoms with Crippen LogP contribution in [0.1, 0.15) is 49.7 Å². The summed E-state index contributed by atoms with van der Waals surface area (Å²) in [6.07, 6.45) is 4.30. The third-order valence-electron chi connectivity index (χ3n) is 4.61. The quantitative estimate of drug-likeness (QED) is 0.752. The molecular weight excluding hydrogens is 320 g/mol. The van der Waals surface area contributed by atoms with Gasteiger partial charge in [0.1, 0.15) is 5.56 Å². The molecule has 0 aliphatic carbocycles. The van der Waals surface area contributed by atoms with E-state index in [0.717, 1.165) is 50.7 Å². The van der Waals surface area contributed by atoms with E-state index in [1.165, 1.54) is 0 Å². The molecule has 0 aromatic carbocycles. The fourth-order valence-electron chi connectivity index (χ4n) is 3.60. The van der Waals surface area contributed by atoms with Crippen molar-refractivity contribution in [2.75, 3.05) is 37.7 Å². The Kier molecular flexibility index (Phi) is 5.86. The number of anilines is 1. The molecule has 0 radical (unpaired) electrons. The van der Waals surface area contributed by atoms with Gasteiger partial charge in [0.25, 0.3) is 0 Å². The molecule has 0 spiro atoms. The van der Waals surface area contributed by atoms with Crippen LogP contribution in [0.15, 0.2) is 6.20 Å². The molecule has 7 nitrogen and oxygen atoms in total. The average Bonchev–Trinajstić information content (AvgIpc) is 3.08. The van der Waals surface area contributed by atoms with Crippen molar-refractivity contribution in [1.29, 1.82) is 0 Å². The Balaban J connectivity index is 1.84. The predicted molar refractivity (Wildman–Crippen MR) is 94.7 cm³/mol. The first-order valence-electron chi connectivity index (χ1n) is 9.22. The lowest BCUT2D eigenvalue weighted by Gasteiger charge is -2.35. The molecule has 2 aliphatic rings. The van der Waals surface area contributed by atoms with Gasteiger partial charge in [-0.1, -0.05) is 0 Å². The van der Waals surface area contributed by atoms with Crippen LogP contribution in [0.5, 0.6) is 0 Å². The van der Waals surface area contributed by atoms with Crippen LogP contribution < -0.4 is 4.90 Å². The maximum Gasteiger partial charge on any atom is 0.341 e. The number of morpholine rings is 1. The minimum absolute atomic E-state index is 0.176. The highest BCUT2D eigenvalue weighted by atomic mass is 16.5. The summed E-state index contributed by atoms with van der Waals surface area (Å²) < 4.78 is 11.0. The fraction of sp³-hybridized carbons (Fsp3) is 0.722. The van der Waals surface area contributed by atoms with E-state index in [4.69, 9.17) is 14.5 Å². The number of carbonyl (C=O) groups is 1. The van der Waals surface area contributed by atoms with Crippen molar-refractivity contribution in [3.63, 3.8) is 0 Å². The number of hydrogen-bond acceptors (Lipinski definition) is 7. The molecule has 0 amide bonds. The normalized spacial score (nSPS) is 24.5. The molecular formula is C18H28N4O3. The van der Waals surface area contributed by atoms with Crippen molar-refractivity contribution in [2.45, 2.75) is 52.4 Å². The summed E-state index contributed by atoms with van der Waals surface area (Å²) in [5, 5.41) is 0. The third kappa shape index (κ3) is 4.46. The molecule has 2 unspecified atom stereocenters. The van der Waals surface area contributed by atoms with Gasteiger partial charge >= 0.3 is 5.97 Å². The summed E-state index contributed by atoms with van der Waals surface area (Å²) in [6, 6.07) is 0. The van der Waals surface area contributed by atoms with Crippen molar-refractivity contribution in [1.82, 2.24) is 14.9 Å². The van der Waals surface area contributed by atoms with E-state index < -0.39 is 0 Å². The zero-order valence-electron chi connectivity index (χ0n) is 15.4. The molecule has 3 rings (SSSR count). The van der Waals surface area contributed by atoms with Crippen molar-refractivity contribution in [3.05, 3.63) is 17.5 Å². The Morgan fingerprint density at radius 2 is 1.96 bits per heavy atom. The summed E-state index contributed by atoms with van der Waals surface area (Å²) >= 11 is 0. The van der Waals surface area contributed by atoms with Crippen molar-refractivity contribution in [2.24, 2.45) is 0 Å². The summed E-state index contributed by atoms with van der Waals surface area (Å²) in [5.74, 6) is 0.370. The molecule has 2 aliphatic heterocycles. The van der Waals surface area contributed by atoms with Gasteiger partial charge in [-0.15, -0.1) is 0 Å². The van der Waals surface area contributed by atoms with E-state index in [9.17, 15) is 4.79 Å². The number of esters is 1. The van der Waals surface area contributed by atoms with Crippen LogP contribution in [-0.2, 0) is 16.0 Å². The molecule has 25 heavy (non-hydrogen) atoms. The molecule has 138 valence electrons. The zero-order valence-corrected chi connectivity index (χ0v) is 15.4. The van der Waals surface area contributed by atoms with Gasteiger partial charge in [-0.05, 0) is 33.6 Å². The molecule has 2 fully saturated rings. The summed E-state index contributed by atoms with van der Waals surface area (Å²) in [7, 11) is 0.